The summed E-state index contributed by atoms with van der Waals surface area (Å²) >= 11 is 0. The molecule has 154 valence electrons. The molecule has 0 saturated heterocycles. The van der Waals surface area contributed by atoms with Crippen molar-refractivity contribution in [3.63, 3.8) is 0 Å². The van der Waals surface area contributed by atoms with Gasteiger partial charge in [-0.15, -0.1) is 0 Å². The van der Waals surface area contributed by atoms with Crippen molar-refractivity contribution in [2.24, 2.45) is 0 Å². The van der Waals surface area contributed by atoms with E-state index >= 15 is 0 Å². The summed E-state index contributed by atoms with van der Waals surface area (Å²) < 4.78 is 5.57. The number of amides is 2. The van der Waals surface area contributed by atoms with Crippen LogP contribution in [0, 0.1) is 0 Å². The number of nitrogens with zero attached hydrogens (tertiary/aromatic N) is 3. The zero-order valence-electron chi connectivity index (χ0n) is 16.6. The smallest absolute Gasteiger partial charge is 0.279 e. The van der Waals surface area contributed by atoms with E-state index in [4.69, 9.17) is 4.42 Å². The summed E-state index contributed by atoms with van der Waals surface area (Å²) in [5.74, 6) is -0.498. The van der Waals surface area contributed by atoms with Gasteiger partial charge in [-0.05, 0) is 29.8 Å². The number of carbonyl (C=O) groups is 2. The fourth-order valence-corrected chi connectivity index (χ4v) is 3.21. The van der Waals surface area contributed by atoms with Crippen molar-refractivity contribution in [1.29, 1.82) is 0 Å². The molecule has 0 aliphatic carbocycles. The standard InChI is InChI=1S/C24H20N4O3/c29-23(27-16-18-8-3-1-4-9-18)22(21-12-7-15-31-21)28(19-10-5-2-6-11-19)24(30)20-17-25-13-14-26-20/h1-15,17,22H,16H2,(H,27,29). The van der Waals surface area contributed by atoms with Gasteiger partial charge in [-0.25, -0.2) is 4.98 Å². The lowest BCUT2D eigenvalue weighted by Crippen LogP contribution is -2.44. The van der Waals surface area contributed by atoms with Crippen molar-refractivity contribution < 1.29 is 14.0 Å². The van der Waals surface area contributed by atoms with Crippen LogP contribution in [-0.4, -0.2) is 21.8 Å². The summed E-state index contributed by atoms with van der Waals surface area (Å²) in [5, 5.41) is 2.92. The van der Waals surface area contributed by atoms with Crippen LogP contribution in [0.15, 0.2) is 102 Å². The van der Waals surface area contributed by atoms with E-state index < -0.39 is 11.9 Å². The first-order chi connectivity index (χ1) is 15.2. The highest BCUT2D eigenvalue weighted by Gasteiger charge is 2.35. The first-order valence-electron chi connectivity index (χ1n) is 9.73. The summed E-state index contributed by atoms with van der Waals surface area (Å²) in [6.07, 6.45) is 5.77. The van der Waals surface area contributed by atoms with Crippen molar-refractivity contribution in [2.45, 2.75) is 12.6 Å². The molecule has 7 heteroatoms. The van der Waals surface area contributed by atoms with Crippen LogP contribution in [0.2, 0.25) is 0 Å². The molecule has 2 aromatic carbocycles. The van der Waals surface area contributed by atoms with Crippen molar-refractivity contribution in [1.82, 2.24) is 15.3 Å². The molecule has 4 rings (SSSR count). The summed E-state index contributed by atoms with van der Waals surface area (Å²) in [5.41, 5.74) is 1.61. The Labute approximate surface area is 179 Å². The highest BCUT2D eigenvalue weighted by Crippen LogP contribution is 2.29. The molecule has 0 aliphatic heterocycles. The number of hydrogen-bond acceptors (Lipinski definition) is 5. The Morgan fingerprint density at radius 1 is 0.935 bits per heavy atom. The summed E-state index contributed by atoms with van der Waals surface area (Å²) in [4.78, 5) is 36.3. The molecule has 2 aromatic heterocycles. The van der Waals surface area contributed by atoms with Gasteiger partial charge in [0.15, 0.2) is 6.04 Å². The Morgan fingerprint density at radius 3 is 2.32 bits per heavy atom. The minimum atomic E-state index is -1.03. The molecule has 0 aliphatic rings. The van der Waals surface area contributed by atoms with Gasteiger partial charge in [-0.1, -0.05) is 48.5 Å². The van der Waals surface area contributed by atoms with E-state index in [-0.39, 0.29) is 11.6 Å². The normalized spacial score (nSPS) is 11.5. The topological polar surface area (TPSA) is 88.3 Å². The van der Waals surface area contributed by atoms with Gasteiger partial charge in [0.2, 0.25) is 0 Å². The zero-order chi connectivity index (χ0) is 21.5. The lowest BCUT2D eigenvalue weighted by atomic mass is 10.1. The molecule has 0 radical (unpaired) electrons. The minimum absolute atomic E-state index is 0.124. The molecule has 0 saturated carbocycles. The fourth-order valence-electron chi connectivity index (χ4n) is 3.21. The third-order valence-corrected chi connectivity index (χ3v) is 4.66. The number of anilines is 1. The predicted molar refractivity (Wildman–Crippen MR) is 115 cm³/mol. The number of rotatable bonds is 7. The third kappa shape index (κ3) is 4.67. The molecule has 0 bridgehead atoms. The Hall–Kier alpha value is -4.26. The van der Waals surface area contributed by atoms with E-state index in [1.807, 2.05) is 36.4 Å². The minimum Gasteiger partial charge on any atom is -0.467 e. The second-order valence-corrected chi connectivity index (χ2v) is 6.72. The highest BCUT2D eigenvalue weighted by molar-refractivity contribution is 6.08. The average Bonchev–Trinajstić information content (AvgIpc) is 3.37. The van der Waals surface area contributed by atoms with Crippen LogP contribution in [-0.2, 0) is 11.3 Å². The maximum atomic E-state index is 13.5. The highest BCUT2D eigenvalue weighted by atomic mass is 16.3. The predicted octanol–water partition coefficient (Wildman–Crippen LogP) is 3.77. The van der Waals surface area contributed by atoms with Gasteiger partial charge in [0.25, 0.3) is 11.8 Å². The molecule has 31 heavy (non-hydrogen) atoms. The van der Waals surface area contributed by atoms with Gasteiger partial charge < -0.3 is 9.73 Å². The Kier molecular flexibility index (Phi) is 6.13. The van der Waals surface area contributed by atoms with Crippen LogP contribution in [0.4, 0.5) is 5.69 Å². The Bertz CT molecular complexity index is 1120. The molecule has 0 spiro atoms. The molecule has 4 aromatic rings. The Balaban J connectivity index is 1.72. The molecule has 0 fully saturated rings. The van der Waals surface area contributed by atoms with E-state index in [2.05, 4.69) is 15.3 Å². The second kappa shape index (κ2) is 9.49. The monoisotopic (exact) mass is 412 g/mol. The number of hydrogen-bond donors (Lipinski definition) is 1. The van der Waals surface area contributed by atoms with Crippen LogP contribution in [0.3, 0.4) is 0 Å². The number of benzene rings is 2. The quantitative estimate of drug-likeness (QED) is 0.499. The molecule has 7 nitrogen and oxygen atoms in total. The zero-order valence-corrected chi connectivity index (χ0v) is 16.6. The molecular weight excluding hydrogens is 392 g/mol. The van der Waals surface area contributed by atoms with Gasteiger partial charge in [-0.3, -0.25) is 19.5 Å². The lowest BCUT2D eigenvalue weighted by Gasteiger charge is -2.29. The second-order valence-electron chi connectivity index (χ2n) is 6.72. The van der Waals surface area contributed by atoms with Crippen LogP contribution in [0.25, 0.3) is 0 Å². The van der Waals surface area contributed by atoms with Gasteiger partial charge in [0.1, 0.15) is 11.5 Å². The number of para-hydroxylation sites is 1. The number of aromatic nitrogens is 2. The number of nitrogens with one attached hydrogen (secondary N) is 1. The molecule has 1 unspecified atom stereocenters. The fraction of sp³-hybridized carbons (Fsp3) is 0.0833. The van der Waals surface area contributed by atoms with Crippen molar-refractivity contribution >= 4 is 17.5 Å². The summed E-state index contributed by atoms with van der Waals surface area (Å²) in [6.45, 7) is 0.318. The summed E-state index contributed by atoms with van der Waals surface area (Å²) in [7, 11) is 0. The first-order valence-corrected chi connectivity index (χ1v) is 9.73. The number of furan rings is 1. The van der Waals surface area contributed by atoms with Crippen LogP contribution < -0.4 is 10.2 Å². The van der Waals surface area contributed by atoms with Gasteiger partial charge in [0, 0.05) is 24.6 Å². The first kappa shape index (κ1) is 20.0. The van der Waals surface area contributed by atoms with E-state index in [1.54, 1.807) is 36.4 Å². The van der Waals surface area contributed by atoms with Crippen LogP contribution in [0.5, 0.6) is 0 Å². The SMILES string of the molecule is O=C(NCc1ccccc1)C(c1ccco1)N(C(=O)c1cnccn1)c1ccccc1. The lowest BCUT2D eigenvalue weighted by molar-refractivity contribution is -0.123. The van der Waals surface area contributed by atoms with Crippen molar-refractivity contribution in [2.75, 3.05) is 4.90 Å². The van der Waals surface area contributed by atoms with E-state index in [0.29, 0.717) is 18.0 Å². The van der Waals surface area contributed by atoms with Gasteiger partial charge in [0.05, 0.1) is 12.5 Å². The van der Waals surface area contributed by atoms with E-state index in [1.165, 1.54) is 29.8 Å². The molecular formula is C24H20N4O3. The van der Waals surface area contributed by atoms with Crippen molar-refractivity contribution in [3.8, 4) is 0 Å². The molecule has 1 atom stereocenters. The van der Waals surface area contributed by atoms with Crippen LogP contribution >= 0.6 is 0 Å². The maximum Gasteiger partial charge on any atom is 0.279 e. The van der Waals surface area contributed by atoms with Crippen LogP contribution in [0.1, 0.15) is 27.9 Å². The third-order valence-electron chi connectivity index (χ3n) is 4.66. The molecule has 2 amide bonds. The largest absolute Gasteiger partial charge is 0.467 e. The Morgan fingerprint density at radius 2 is 1.68 bits per heavy atom. The maximum absolute atomic E-state index is 13.5. The van der Waals surface area contributed by atoms with E-state index in [0.717, 1.165) is 5.56 Å². The summed E-state index contributed by atoms with van der Waals surface area (Å²) in [6, 6.07) is 20.8. The van der Waals surface area contributed by atoms with E-state index in [9.17, 15) is 9.59 Å². The van der Waals surface area contributed by atoms with Crippen molar-refractivity contribution in [3.05, 3.63) is 115 Å². The average molecular weight is 412 g/mol. The molecule has 1 N–H and O–H groups in total. The van der Waals surface area contributed by atoms with Gasteiger partial charge >= 0.3 is 0 Å². The van der Waals surface area contributed by atoms with Gasteiger partial charge in [-0.2, -0.15) is 0 Å². The molecule has 2 heterocycles. The number of carbonyl (C=O) groups excluding carboxylic acids is 2.